The van der Waals surface area contributed by atoms with Gasteiger partial charge in [0.25, 0.3) is 0 Å². The van der Waals surface area contributed by atoms with E-state index < -0.39 is 46.9 Å². The van der Waals surface area contributed by atoms with Crippen molar-refractivity contribution in [3.05, 3.63) is 102 Å². The average molecular weight is 423 g/mol. The number of nitrogens with zero attached hydrogens (tertiary/aromatic N) is 1. The number of Topliss-reactive ketones (excluding diaryl/α,β-unsaturated/α-hetero) is 2. The summed E-state index contributed by atoms with van der Waals surface area (Å²) in [4.78, 5) is 55.6. The molecule has 156 valence electrons. The quantitative estimate of drug-likeness (QED) is 0.466. The molecule has 2 fully saturated rings. The van der Waals surface area contributed by atoms with Crippen molar-refractivity contribution in [3.63, 3.8) is 0 Å². The van der Waals surface area contributed by atoms with E-state index in [9.17, 15) is 19.2 Å². The second-order valence-electron chi connectivity index (χ2n) is 8.24. The number of imide groups is 1. The molecule has 1 spiro atoms. The van der Waals surface area contributed by atoms with Crippen LogP contribution in [-0.2, 0) is 14.3 Å². The van der Waals surface area contributed by atoms with Crippen molar-refractivity contribution >= 4 is 29.1 Å². The number of carbonyl (C=O) groups excluding carboxylic acids is 4. The molecule has 6 rings (SSSR count). The Morgan fingerprint density at radius 2 is 1.19 bits per heavy atom. The van der Waals surface area contributed by atoms with Crippen LogP contribution in [0.4, 0.5) is 5.69 Å². The number of rotatable bonds is 2. The number of ether oxygens (including phenoxy) is 1. The lowest BCUT2D eigenvalue weighted by Gasteiger charge is -2.27. The van der Waals surface area contributed by atoms with Crippen LogP contribution in [0.25, 0.3) is 0 Å². The molecule has 2 amide bonds. The van der Waals surface area contributed by atoms with Gasteiger partial charge in [0.05, 0.1) is 23.6 Å². The Morgan fingerprint density at radius 3 is 1.78 bits per heavy atom. The van der Waals surface area contributed by atoms with E-state index in [-0.39, 0.29) is 11.1 Å². The van der Waals surface area contributed by atoms with Crippen molar-refractivity contribution < 1.29 is 23.9 Å². The van der Waals surface area contributed by atoms with Crippen molar-refractivity contribution in [2.45, 2.75) is 11.7 Å². The molecule has 1 aliphatic carbocycles. The predicted molar refractivity (Wildman–Crippen MR) is 114 cm³/mol. The van der Waals surface area contributed by atoms with E-state index in [0.29, 0.717) is 11.3 Å². The summed E-state index contributed by atoms with van der Waals surface area (Å²) in [5.74, 6) is -4.36. The number of hydrogen-bond acceptors (Lipinski definition) is 5. The molecule has 0 aromatic heterocycles. The maximum atomic E-state index is 13.7. The summed E-state index contributed by atoms with van der Waals surface area (Å²) in [6.45, 7) is 0. The van der Waals surface area contributed by atoms with Gasteiger partial charge in [-0.15, -0.1) is 0 Å². The van der Waals surface area contributed by atoms with Crippen LogP contribution in [0.15, 0.2) is 84.9 Å². The highest BCUT2D eigenvalue weighted by molar-refractivity contribution is 6.37. The molecule has 0 unspecified atom stereocenters. The molecule has 6 nitrogen and oxygen atoms in total. The van der Waals surface area contributed by atoms with Gasteiger partial charge in [-0.2, -0.15) is 0 Å². The zero-order valence-electron chi connectivity index (χ0n) is 16.8. The minimum Gasteiger partial charge on any atom is -0.349 e. The number of hydrogen-bond donors (Lipinski definition) is 0. The second kappa shape index (κ2) is 6.55. The number of carbonyl (C=O) groups is 4. The van der Waals surface area contributed by atoms with E-state index in [2.05, 4.69) is 0 Å². The smallest absolute Gasteiger partial charge is 0.241 e. The lowest BCUT2D eigenvalue weighted by molar-refractivity contribution is -0.127. The summed E-state index contributed by atoms with van der Waals surface area (Å²) >= 11 is 0. The van der Waals surface area contributed by atoms with E-state index in [1.165, 1.54) is 0 Å². The Morgan fingerprint density at radius 1 is 0.656 bits per heavy atom. The summed E-state index contributed by atoms with van der Waals surface area (Å²) in [6, 6.07) is 24.0. The SMILES string of the molecule is O=C1[C@@H]2[C@@H](C(=O)N1c1ccccc1)C1(O[C@H]2c2ccccc2)C(=O)c2ccccc2C1=O. The monoisotopic (exact) mass is 423 g/mol. The summed E-state index contributed by atoms with van der Waals surface area (Å²) in [5.41, 5.74) is -0.529. The standard InChI is InChI=1S/C26H17NO5/c28-22-17-13-7-8-14-18(17)23(29)26(22)20-19(21(32-26)15-9-3-1-4-10-15)24(30)27(25(20)31)16-11-5-2-6-12-16/h1-14,19-21H/t19-,20+,21+/m1/s1. The Hall–Kier alpha value is -3.90. The maximum Gasteiger partial charge on any atom is 0.241 e. The third-order valence-corrected chi connectivity index (χ3v) is 6.66. The minimum absolute atomic E-state index is 0.225. The van der Waals surface area contributed by atoms with Gasteiger partial charge in [0.1, 0.15) is 0 Å². The minimum atomic E-state index is -2.04. The van der Waals surface area contributed by atoms with Crippen LogP contribution in [0, 0.1) is 11.8 Å². The molecule has 0 radical (unpaired) electrons. The van der Waals surface area contributed by atoms with Crippen LogP contribution in [-0.4, -0.2) is 29.0 Å². The first kappa shape index (κ1) is 18.8. The van der Waals surface area contributed by atoms with Crippen molar-refractivity contribution in [2.75, 3.05) is 4.90 Å². The zero-order chi connectivity index (χ0) is 22.0. The molecule has 3 aliphatic rings. The highest BCUT2D eigenvalue weighted by Crippen LogP contribution is 2.57. The molecular formula is C26H17NO5. The summed E-state index contributed by atoms with van der Waals surface area (Å²) in [5, 5.41) is 0. The van der Waals surface area contributed by atoms with Crippen LogP contribution in [0.1, 0.15) is 32.4 Å². The largest absolute Gasteiger partial charge is 0.349 e. The molecule has 6 heteroatoms. The third kappa shape index (κ3) is 2.22. The van der Waals surface area contributed by atoms with Crippen molar-refractivity contribution in [1.29, 1.82) is 0 Å². The number of anilines is 1. The Kier molecular flexibility index (Phi) is 3.85. The zero-order valence-corrected chi connectivity index (χ0v) is 16.8. The van der Waals surface area contributed by atoms with E-state index in [1.807, 2.05) is 6.07 Å². The van der Waals surface area contributed by atoms with Gasteiger partial charge in [-0.1, -0.05) is 72.8 Å². The lowest BCUT2D eigenvalue weighted by Crippen LogP contribution is -2.51. The molecule has 32 heavy (non-hydrogen) atoms. The Balaban J connectivity index is 1.56. The van der Waals surface area contributed by atoms with Crippen molar-refractivity contribution in [3.8, 4) is 0 Å². The molecule has 2 saturated heterocycles. The molecule has 0 saturated carbocycles. The van der Waals surface area contributed by atoms with Crippen molar-refractivity contribution in [2.24, 2.45) is 11.8 Å². The first-order valence-corrected chi connectivity index (χ1v) is 10.4. The number of benzene rings is 3. The highest BCUT2D eigenvalue weighted by atomic mass is 16.5. The normalized spacial score (nSPS) is 25.5. The first-order valence-electron chi connectivity index (χ1n) is 10.4. The first-order chi connectivity index (χ1) is 15.6. The molecule has 0 N–H and O–H groups in total. The van der Waals surface area contributed by atoms with Crippen molar-refractivity contribution in [1.82, 2.24) is 0 Å². The number of para-hydroxylation sites is 1. The van der Waals surface area contributed by atoms with Gasteiger partial charge in [0, 0.05) is 11.1 Å². The molecule has 0 bridgehead atoms. The maximum absolute atomic E-state index is 13.7. The second-order valence-corrected chi connectivity index (χ2v) is 8.24. The predicted octanol–water partition coefficient (Wildman–Crippen LogP) is 3.38. The van der Waals surface area contributed by atoms with Gasteiger partial charge in [-0.3, -0.25) is 19.2 Å². The van der Waals surface area contributed by atoms with Gasteiger partial charge < -0.3 is 4.74 Å². The van der Waals surface area contributed by atoms with Gasteiger partial charge in [-0.25, -0.2) is 4.90 Å². The fourth-order valence-corrected chi connectivity index (χ4v) is 5.29. The third-order valence-electron chi connectivity index (χ3n) is 6.66. The summed E-state index contributed by atoms with van der Waals surface area (Å²) < 4.78 is 6.23. The van der Waals surface area contributed by atoms with E-state index in [1.54, 1.807) is 78.9 Å². The van der Waals surface area contributed by atoms with Gasteiger partial charge in [-0.05, 0) is 17.7 Å². The number of fused-ring (bicyclic) bond motifs is 3. The van der Waals surface area contributed by atoms with Gasteiger partial charge in [0.2, 0.25) is 29.0 Å². The topological polar surface area (TPSA) is 80.8 Å². The van der Waals surface area contributed by atoms with Gasteiger partial charge in [0.15, 0.2) is 0 Å². The van der Waals surface area contributed by atoms with E-state index in [4.69, 9.17) is 4.74 Å². The number of amides is 2. The fraction of sp³-hybridized carbons (Fsp3) is 0.154. The number of ketones is 2. The fourth-order valence-electron chi connectivity index (χ4n) is 5.29. The van der Waals surface area contributed by atoms with E-state index in [0.717, 1.165) is 4.90 Å². The van der Waals surface area contributed by atoms with E-state index >= 15 is 0 Å². The van der Waals surface area contributed by atoms with Crippen LogP contribution in [0.3, 0.4) is 0 Å². The molecule has 2 heterocycles. The van der Waals surface area contributed by atoms with Crippen LogP contribution < -0.4 is 4.90 Å². The molecule has 3 aromatic carbocycles. The van der Waals surface area contributed by atoms with Gasteiger partial charge >= 0.3 is 0 Å². The molecule has 3 aromatic rings. The molecular weight excluding hydrogens is 406 g/mol. The van der Waals surface area contributed by atoms with Crippen LogP contribution in [0.5, 0.6) is 0 Å². The Bertz CT molecular complexity index is 1270. The summed E-state index contributed by atoms with van der Waals surface area (Å²) in [6.07, 6.45) is -0.895. The molecule has 3 atom stereocenters. The lowest BCUT2D eigenvalue weighted by atomic mass is 9.77. The highest BCUT2D eigenvalue weighted by Gasteiger charge is 2.74. The molecule has 2 aliphatic heterocycles. The Labute approximate surface area is 183 Å². The van der Waals surface area contributed by atoms with Crippen LogP contribution >= 0.6 is 0 Å². The summed E-state index contributed by atoms with van der Waals surface area (Å²) in [7, 11) is 0. The van der Waals surface area contributed by atoms with Crippen LogP contribution in [0.2, 0.25) is 0 Å². The average Bonchev–Trinajstić information content (AvgIpc) is 3.40.